The Morgan fingerprint density at radius 2 is 2.35 bits per heavy atom. The van der Waals surface area contributed by atoms with E-state index >= 15 is 0 Å². The lowest BCUT2D eigenvalue weighted by molar-refractivity contribution is 0.0592. The molecular formula is C10H18N4O3. The van der Waals surface area contributed by atoms with Gasteiger partial charge in [0.05, 0.1) is 25.5 Å². The molecule has 0 radical (unpaired) electrons. The fourth-order valence-corrected chi connectivity index (χ4v) is 1.45. The minimum atomic E-state index is -0.536. The molecule has 0 bridgehead atoms. The summed E-state index contributed by atoms with van der Waals surface area (Å²) in [6.07, 6.45) is 0.558. The molecule has 3 N–H and O–H groups in total. The number of nitrogens with zero attached hydrogens (tertiary/aromatic N) is 3. The van der Waals surface area contributed by atoms with Crippen LogP contribution in [0.2, 0.25) is 0 Å². The van der Waals surface area contributed by atoms with Crippen molar-refractivity contribution in [2.24, 2.45) is 5.73 Å². The van der Waals surface area contributed by atoms with Gasteiger partial charge in [-0.25, -0.2) is 9.48 Å². The van der Waals surface area contributed by atoms with Crippen LogP contribution in [0.4, 0.5) is 0 Å². The molecule has 0 spiro atoms. The molecular weight excluding hydrogens is 224 g/mol. The molecule has 0 aliphatic carbocycles. The first-order chi connectivity index (χ1) is 8.13. The van der Waals surface area contributed by atoms with Crippen LogP contribution in [0.3, 0.4) is 0 Å². The van der Waals surface area contributed by atoms with E-state index in [1.165, 1.54) is 11.8 Å². The van der Waals surface area contributed by atoms with E-state index in [1.807, 2.05) is 6.92 Å². The largest absolute Gasteiger partial charge is 0.464 e. The van der Waals surface area contributed by atoms with Crippen molar-refractivity contribution in [2.75, 3.05) is 13.7 Å². The van der Waals surface area contributed by atoms with Crippen molar-refractivity contribution in [2.45, 2.75) is 32.4 Å². The van der Waals surface area contributed by atoms with Gasteiger partial charge < -0.3 is 15.6 Å². The summed E-state index contributed by atoms with van der Waals surface area (Å²) in [5.41, 5.74) is 6.25. The van der Waals surface area contributed by atoms with Crippen molar-refractivity contribution in [3.8, 4) is 0 Å². The Balaban J connectivity index is 2.97. The van der Waals surface area contributed by atoms with Crippen molar-refractivity contribution in [3.05, 3.63) is 11.4 Å². The molecule has 17 heavy (non-hydrogen) atoms. The SMILES string of the molecule is CCC(O)Cn1nnc(C(=O)OC)c1CCN. The van der Waals surface area contributed by atoms with Crippen LogP contribution in [0.1, 0.15) is 29.5 Å². The van der Waals surface area contributed by atoms with Crippen LogP contribution in [-0.4, -0.2) is 45.8 Å². The Morgan fingerprint density at radius 3 is 2.88 bits per heavy atom. The van der Waals surface area contributed by atoms with E-state index in [0.29, 0.717) is 31.6 Å². The highest BCUT2D eigenvalue weighted by atomic mass is 16.5. The minimum Gasteiger partial charge on any atom is -0.464 e. The topological polar surface area (TPSA) is 103 Å². The van der Waals surface area contributed by atoms with Crippen LogP contribution in [0, 0.1) is 0 Å². The standard InChI is InChI=1S/C10H18N4O3/c1-3-7(15)6-14-8(4-5-11)9(12-13-14)10(16)17-2/h7,15H,3-6,11H2,1-2H3. The molecule has 1 aromatic rings. The van der Waals surface area contributed by atoms with E-state index in [4.69, 9.17) is 5.73 Å². The lowest BCUT2D eigenvalue weighted by atomic mass is 10.2. The molecule has 0 saturated carbocycles. The monoisotopic (exact) mass is 242 g/mol. The number of hydrogen-bond donors (Lipinski definition) is 2. The molecule has 0 aliphatic rings. The highest BCUT2D eigenvalue weighted by Gasteiger charge is 2.20. The summed E-state index contributed by atoms with van der Waals surface area (Å²) < 4.78 is 6.12. The van der Waals surface area contributed by atoms with Crippen LogP contribution >= 0.6 is 0 Å². The Kier molecular flexibility index (Phi) is 5.05. The normalized spacial score (nSPS) is 12.5. The number of carbonyl (C=O) groups excluding carboxylic acids is 1. The summed E-state index contributed by atoms with van der Waals surface area (Å²) in [5, 5.41) is 17.2. The fourth-order valence-electron chi connectivity index (χ4n) is 1.45. The van der Waals surface area contributed by atoms with Crippen molar-refractivity contribution >= 4 is 5.97 Å². The first-order valence-electron chi connectivity index (χ1n) is 5.52. The zero-order valence-electron chi connectivity index (χ0n) is 10.1. The molecule has 0 fully saturated rings. The van der Waals surface area contributed by atoms with Crippen molar-refractivity contribution < 1.29 is 14.6 Å². The summed E-state index contributed by atoms with van der Waals surface area (Å²) in [6.45, 7) is 2.54. The second kappa shape index (κ2) is 6.31. The average molecular weight is 242 g/mol. The molecule has 0 amide bonds. The van der Waals surface area contributed by atoms with Crippen molar-refractivity contribution in [3.63, 3.8) is 0 Å². The lowest BCUT2D eigenvalue weighted by Gasteiger charge is -2.10. The van der Waals surface area contributed by atoms with Crippen LogP contribution in [0.25, 0.3) is 0 Å². The predicted octanol–water partition coefficient (Wildman–Crippen LogP) is -0.663. The highest BCUT2D eigenvalue weighted by molar-refractivity contribution is 5.88. The van der Waals surface area contributed by atoms with Crippen LogP contribution in [-0.2, 0) is 17.7 Å². The van der Waals surface area contributed by atoms with E-state index in [2.05, 4.69) is 15.0 Å². The molecule has 1 heterocycles. The number of carbonyl (C=O) groups is 1. The van der Waals surface area contributed by atoms with E-state index < -0.39 is 12.1 Å². The number of aliphatic hydroxyl groups is 1. The van der Waals surface area contributed by atoms with Gasteiger partial charge in [0.15, 0.2) is 5.69 Å². The average Bonchev–Trinajstić information content (AvgIpc) is 2.72. The van der Waals surface area contributed by atoms with E-state index in [1.54, 1.807) is 0 Å². The number of rotatable bonds is 6. The van der Waals surface area contributed by atoms with Crippen LogP contribution in [0.15, 0.2) is 0 Å². The number of ether oxygens (including phenoxy) is 1. The molecule has 0 saturated heterocycles. The zero-order valence-corrected chi connectivity index (χ0v) is 10.1. The van der Waals surface area contributed by atoms with E-state index in [-0.39, 0.29) is 5.69 Å². The van der Waals surface area contributed by atoms with E-state index in [9.17, 15) is 9.90 Å². The van der Waals surface area contributed by atoms with Crippen molar-refractivity contribution in [1.29, 1.82) is 0 Å². The molecule has 96 valence electrons. The van der Waals surface area contributed by atoms with Gasteiger partial charge in [0, 0.05) is 6.42 Å². The molecule has 7 heteroatoms. The third kappa shape index (κ3) is 3.24. The van der Waals surface area contributed by atoms with Crippen molar-refractivity contribution in [1.82, 2.24) is 15.0 Å². The van der Waals surface area contributed by atoms with Gasteiger partial charge in [-0.3, -0.25) is 0 Å². The summed E-state index contributed by atoms with van der Waals surface area (Å²) >= 11 is 0. The number of nitrogens with two attached hydrogens (primary N) is 1. The molecule has 1 unspecified atom stereocenters. The predicted molar refractivity (Wildman–Crippen MR) is 60.4 cm³/mol. The van der Waals surface area contributed by atoms with E-state index in [0.717, 1.165) is 0 Å². The maximum absolute atomic E-state index is 11.4. The number of methoxy groups -OCH3 is 1. The quantitative estimate of drug-likeness (QED) is 0.642. The van der Waals surface area contributed by atoms with Crippen LogP contribution < -0.4 is 5.73 Å². The summed E-state index contributed by atoms with van der Waals surface area (Å²) in [6, 6.07) is 0. The second-order valence-electron chi connectivity index (χ2n) is 3.66. The summed E-state index contributed by atoms with van der Waals surface area (Å²) in [7, 11) is 1.29. The zero-order chi connectivity index (χ0) is 12.8. The second-order valence-corrected chi connectivity index (χ2v) is 3.66. The van der Waals surface area contributed by atoms with Gasteiger partial charge >= 0.3 is 5.97 Å². The molecule has 1 aromatic heterocycles. The molecule has 1 rings (SSSR count). The number of hydrogen-bond acceptors (Lipinski definition) is 6. The molecule has 0 aliphatic heterocycles. The van der Waals surface area contributed by atoms with Gasteiger partial charge in [0.25, 0.3) is 0 Å². The van der Waals surface area contributed by atoms with Crippen LogP contribution in [0.5, 0.6) is 0 Å². The molecule has 0 aromatic carbocycles. The van der Waals surface area contributed by atoms with Gasteiger partial charge in [-0.1, -0.05) is 12.1 Å². The maximum atomic E-state index is 11.4. The summed E-state index contributed by atoms with van der Waals surface area (Å²) in [5.74, 6) is -0.536. The Labute approximate surface area is 99.6 Å². The first-order valence-corrected chi connectivity index (χ1v) is 5.52. The third-order valence-electron chi connectivity index (χ3n) is 2.45. The van der Waals surface area contributed by atoms with Gasteiger partial charge in [-0.05, 0) is 13.0 Å². The van der Waals surface area contributed by atoms with Gasteiger partial charge in [-0.15, -0.1) is 5.10 Å². The smallest absolute Gasteiger partial charge is 0.360 e. The van der Waals surface area contributed by atoms with Gasteiger partial charge in [-0.2, -0.15) is 0 Å². The van der Waals surface area contributed by atoms with Gasteiger partial charge in [0.1, 0.15) is 0 Å². The lowest BCUT2D eigenvalue weighted by Crippen LogP contribution is -2.20. The third-order valence-corrected chi connectivity index (χ3v) is 2.45. The first kappa shape index (κ1) is 13.6. The molecule has 1 atom stereocenters. The Hall–Kier alpha value is -1.47. The number of aromatic nitrogens is 3. The molecule has 7 nitrogen and oxygen atoms in total. The minimum absolute atomic E-state index is 0.168. The summed E-state index contributed by atoms with van der Waals surface area (Å²) in [4.78, 5) is 11.4. The highest BCUT2D eigenvalue weighted by Crippen LogP contribution is 2.09. The number of esters is 1. The Morgan fingerprint density at radius 1 is 1.65 bits per heavy atom. The maximum Gasteiger partial charge on any atom is 0.360 e. The number of aliphatic hydroxyl groups excluding tert-OH is 1. The fraction of sp³-hybridized carbons (Fsp3) is 0.700. The Bertz CT molecular complexity index is 378. The van der Waals surface area contributed by atoms with Gasteiger partial charge in [0.2, 0.25) is 0 Å².